The molecule has 82 valence electrons. The average molecular weight is 198 g/mol. The molecule has 14 heavy (non-hydrogen) atoms. The second-order valence-electron chi connectivity index (χ2n) is 4.44. The maximum absolute atomic E-state index is 5.30. The molecule has 0 aromatic carbocycles. The van der Waals surface area contributed by atoms with Crippen LogP contribution >= 0.6 is 0 Å². The zero-order valence-electron chi connectivity index (χ0n) is 9.00. The van der Waals surface area contributed by atoms with Crippen LogP contribution in [0.3, 0.4) is 0 Å². The Morgan fingerprint density at radius 2 is 1.93 bits per heavy atom. The molecule has 0 radical (unpaired) electrons. The van der Waals surface area contributed by atoms with Gasteiger partial charge in [-0.25, -0.2) is 0 Å². The largest absolute Gasteiger partial charge is 0.379 e. The summed E-state index contributed by atoms with van der Waals surface area (Å²) in [5.41, 5.74) is 0. The molecule has 0 atom stereocenters. The number of rotatable bonds is 6. The van der Waals surface area contributed by atoms with Gasteiger partial charge in [-0.05, 0) is 18.9 Å². The van der Waals surface area contributed by atoms with Crippen molar-refractivity contribution in [3.05, 3.63) is 0 Å². The van der Waals surface area contributed by atoms with Crippen molar-refractivity contribution < 1.29 is 4.74 Å². The smallest absolute Gasteiger partial charge is 0.0594 e. The quantitative estimate of drug-likeness (QED) is 0.636. The fraction of sp³-hybridized carbons (Fsp3) is 1.00. The molecule has 0 unspecified atom stereocenters. The number of ether oxygens (including phenoxy) is 1. The van der Waals surface area contributed by atoms with E-state index in [2.05, 4.69) is 10.2 Å². The highest BCUT2D eigenvalue weighted by molar-refractivity contribution is 4.73. The molecular weight excluding hydrogens is 176 g/mol. The summed E-state index contributed by atoms with van der Waals surface area (Å²) in [4.78, 5) is 2.48. The molecule has 0 spiro atoms. The minimum Gasteiger partial charge on any atom is -0.379 e. The van der Waals surface area contributed by atoms with Gasteiger partial charge in [-0.1, -0.05) is 12.8 Å². The molecule has 0 bridgehead atoms. The number of morpholine rings is 1. The molecule has 1 saturated heterocycles. The van der Waals surface area contributed by atoms with Crippen LogP contribution in [0, 0.1) is 5.92 Å². The Morgan fingerprint density at radius 3 is 2.64 bits per heavy atom. The Balaban J connectivity index is 1.41. The van der Waals surface area contributed by atoms with Crippen LogP contribution in [0.4, 0.5) is 0 Å². The molecule has 1 N–H and O–H groups in total. The second-order valence-corrected chi connectivity index (χ2v) is 4.44. The Kier molecular flexibility index (Phi) is 4.22. The van der Waals surface area contributed by atoms with E-state index in [1.807, 2.05) is 0 Å². The fourth-order valence-electron chi connectivity index (χ4n) is 1.90. The van der Waals surface area contributed by atoms with Gasteiger partial charge in [-0.15, -0.1) is 0 Å². The Bertz CT molecular complexity index is 153. The molecule has 0 aromatic rings. The van der Waals surface area contributed by atoms with E-state index in [1.165, 1.54) is 32.4 Å². The predicted molar refractivity (Wildman–Crippen MR) is 57.5 cm³/mol. The lowest BCUT2D eigenvalue weighted by Gasteiger charge is -2.26. The first kappa shape index (κ1) is 10.4. The molecule has 0 amide bonds. The minimum atomic E-state index is 0.919. The number of nitrogens with one attached hydrogen (secondary N) is 1. The number of hydrogen-bond acceptors (Lipinski definition) is 3. The highest BCUT2D eigenvalue weighted by Gasteiger charge is 2.19. The lowest BCUT2D eigenvalue weighted by molar-refractivity contribution is 0.0384. The molecule has 2 aliphatic rings. The van der Waals surface area contributed by atoms with Gasteiger partial charge in [0, 0.05) is 26.2 Å². The van der Waals surface area contributed by atoms with E-state index >= 15 is 0 Å². The van der Waals surface area contributed by atoms with Crippen molar-refractivity contribution in [1.82, 2.24) is 10.2 Å². The van der Waals surface area contributed by atoms with E-state index < -0.39 is 0 Å². The summed E-state index contributed by atoms with van der Waals surface area (Å²) in [6.07, 6.45) is 4.35. The summed E-state index contributed by atoms with van der Waals surface area (Å²) >= 11 is 0. The van der Waals surface area contributed by atoms with Crippen LogP contribution in [0.25, 0.3) is 0 Å². The van der Waals surface area contributed by atoms with Gasteiger partial charge < -0.3 is 10.1 Å². The molecule has 1 aliphatic carbocycles. The van der Waals surface area contributed by atoms with Crippen molar-refractivity contribution in [1.29, 1.82) is 0 Å². The first-order valence-electron chi connectivity index (χ1n) is 5.96. The first-order valence-corrected chi connectivity index (χ1v) is 5.96. The first-order chi connectivity index (χ1) is 6.95. The van der Waals surface area contributed by atoms with Gasteiger partial charge in [0.05, 0.1) is 13.2 Å². The van der Waals surface area contributed by atoms with Crippen LogP contribution in [0.15, 0.2) is 0 Å². The molecule has 1 saturated carbocycles. The van der Waals surface area contributed by atoms with Crippen molar-refractivity contribution in [3.63, 3.8) is 0 Å². The highest BCUT2D eigenvalue weighted by Crippen LogP contribution is 2.31. The van der Waals surface area contributed by atoms with Gasteiger partial charge in [0.1, 0.15) is 0 Å². The molecule has 2 fully saturated rings. The summed E-state index contributed by atoms with van der Waals surface area (Å²) in [6, 6.07) is 0. The zero-order chi connectivity index (χ0) is 9.64. The van der Waals surface area contributed by atoms with Gasteiger partial charge in [0.25, 0.3) is 0 Å². The monoisotopic (exact) mass is 198 g/mol. The van der Waals surface area contributed by atoms with E-state index in [9.17, 15) is 0 Å². The molecule has 3 heteroatoms. The molecule has 0 aromatic heterocycles. The molecule has 1 heterocycles. The summed E-state index contributed by atoms with van der Waals surface area (Å²) < 4.78 is 5.30. The Labute approximate surface area is 86.8 Å². The maximum Gasteiger partial charge on any atom is 0.0594 e. The number of hydrogen-bond donors (Lipinski definition) is 1. The van der Waals surface area contributed by atoms with Crippen LogP contribution in [0.2, 0.25) is 0 Å². The van der Waals surface area contributed by atoms with Crippen molar-refractivity contribution in [2.45, 2.75) is 19.3 Å². The lowest BCUT2D eigenvalue weighted by Crippen LogP contribution is -2.40. The second kappa shape index (κ2) is 5.69. The van der Waals surface area contributed by atoms with Crippen LogP contribution in [0.1, 0.15) is 19.3 Å². The minimum absolute atomic E-state index is 0.919. The van der Waals surface area contributed by atoms with Crippen molar-refractivity contribution >= 4 is 0 Å². The lowest BCUT2D eigenvalue weighted by atomic mass is 10.3. The standard InChI is InChI=1S/C11H22N2O/c1-2-11(1)3-4-12-5-6-13-7-9-14-10-8-13/h11-12H,1-10H2. The summed E-state index contributed by atoms with van der Waals surface area (Å²) in [6.45, 7) is 7.62. The number of nitrogens with zero attached hydrogens (tertiary/aromatic N) is 1. The van der Waals surface area contributed by atoms with Crippen LogP contribution in [-0.2, 0) is 4.74 Å². The molecule has 3 nitrogen and oxygen atoms in total. The van der Waals surface area contributed by atoms with E-state index in [1.54, 1.807) is 0 Å². The predicted octanol–water partition coefficient (Wildman–Crippen LogP) is 0.708. The molecular formula is C11H22N2O. The summed E-state index contributed by atoms with van der Waals surface area (Å²) in [7, 11) is 0. The maximum atomic E-state index is 5.30. The normalized spacial score (nSPS) is 24.0. The highest BCUT2D eigenvalue weighted by atomic mass is 16.5. The van der Waals surface area contributed by atoms with Gasteiger partial charge in [-0.3, -0.25) is 4.90 Å². The van der Waals surface area contributed by atoms with Gasteiger partial charge in [0.2, 0.25) is 0 Å². The third kappa shape index (κ3) is 3.95. The van der Waals surface area contributed by atoms with Gasteiger partial charge in [0.15, 0.2) is 0 Å². The SMILES string of the molecule is C(CC1CC1)NCCN1CCOCC1. The van der Waals surface area contributed by atoms with Crippen LogP contribution in [0.5, 0.6) is 0 Å². The zero-order valence-corrected chi connectivity index (χ0v) is 9.00. The van der Waals surface area contributed by atoms with Crippen molar-refractivity contribution in [3.8, 4) is 0 Å². The van der Waals surface area contributed by atoms with Crippen molar-refractivity contribution in [2.75, 3.05) is 45.9 Å². The van der Waals surface area contributed by atoms with E-state index in [-0.39, 0.29) is 0 Å². The average Bonchev–Trinajstić information content (AvgIpc) is 3.03. The topological polar surface area (TPSA) is 24.5 Å². The third-order valence-corrected chi connectivity index (χ3v) is 3.13. The fourth-order valence-corrected chi connectivity index (χ4v) is 1.90. The van der Waals surface area contributed by atoms with E-state index in [0.29, 0.717) is 0 Å². The van der Waals surface area contributed by atoms with Crippen LogP contribution in [-0.4, -0.2) is 50.8 Å². The van der Waals surface area contributed by atoms with Crippen LogP contribution < -0.4 is 5.32 Å². The third-order valence-electron chi connectivity index (χ3n) is 3.13. The summed E-state index contributed by atoms with van der Waals surface area (Å²) in [5, 5.41) is 3.52. The van der Waals surface area contributed by atoms with Gasteiger partial charge >= 0.3 is 0 Å². The van der Waals surface area contributed by atoms with Gasteiger partial charge in [-0.2, -0.15) is 0 Å². The summed E-state index contributed by atoms with van der Waals surface area (Å²) in [5.74, 6) is 1.06. The molecule has 2 rings (SSSR count). The Morgan fingerprint density at radius 1 is 1.14 bits per heavy atom. The Hall–Kier alpha value is -0.120. The molecule has 1 aliphatic heterocycles. The van der Waals surface area contributed by atoms with Crippen molar-refractivity contribution in [2.24, 2.45) is 5.92 Å². The van der Waals surface area contributed by atoms with E-state index in [0.717, 1.165) is 38.8 Å². The van der Waals surface area contributed by atoms with E-state index in [4.69, 9.17) is 4.74 Å².